The first-order chi connectivity index (χ1) is 8.49. The first-order valence-corrected chi connectivity index (χ1v) is 8.67. The minimum Gasteiger partial charge on any atom is -0.282 e. The van der Waals surface area contributed by atoms with Crippen LogP contribution in [0.25, 0.3) is 0 Å². The minimum atomic E-state index is -3.29. The van der Waals surface area contributed by atoms with Gasteiger partial charge < -0.3 is 0 Å². The Morgan fingerprint density at radius 1 is 1.22 bits per heavy atom. The predicted molar refractivity (Wildman–Crippen MR) is 78.6 cm³/mol. The lowest BCUT2D eigenvalue weighted by Crippen LogP contribution is -2.29. The molecule has 1 aromatic rings. The van der Waals surface area contributed by atoms with E-state index in [4.69, 9.17) is 11.6 Å². The van der Waals surface area contributed by atoms with Crippen LogP contribution in [0.4, 0.5) is 5.69 Å². The van der Waals surface area contributed by atoms with Crippen molar-refractivity contribution in [2.75, 3.05) is 4.72 Å². The molecule has 0 heterocycles. The topological polar surface area (TPSA) is 46.2 Å². The maximum atomic E-state index is 12.2. The molecule has 0 radical (unpaired) electrons. The highest BCUT2D eigenvalue weighted by atomic mass is 79.9. The van der Waals surface area contributed by atoms with Crippen LogP contribution in [0.3, 0.4) is 0 Å². The molecule has 1 saturated carbocycles. The van der Waals surface area contributed by atoms with E-state index < -0.39 is 10.0 Å². The first kappa shape index (κ1) is 14.2. The summed E-state index contributed by atoms with van der Waals surface area (Å²) in [5.74, 6) is 0. The number of nitrogens with one attached hydrogen (secondary N) is 1. The second-order valence-corrected chi connectivity index (χ2v) is 7.78. The van der Waals surface area contributed by atoms with Gasteiger partial charge in [0.05, 0.1) is 10.9 Å². The number of hydrogen-bond acceptors (Lipinski definition) is 2. The van der Waals surface area contributed by atoms with Crippen LogP contribution >= 0.6 is 27.5 Å². The van der Waals surface area contributed by atoms with Gasteiger partial charge >= 0.3 is 0 Å². The van der Waals surface area contributed by atoms with Crippen LogP contribution in [0.15, 0.2) is 22.7 Å². The Hall–Kier alpha value is -0.260. The van der Waals surface area contributed by atoms with E-state index in [9.17, 15) is 8.42 Å². The van der Waals surface area contributed by atoms with E-state index in [0.29, 0.717) is 15.2 Å². The van der Waals surface area contributed by atoms with Gasteiger partial charge in [-0.3, -0.25) is 4.72 Å². The fourth-order valence-electron chi connectivity index (χ4n) is 2.18. The van der Waals surface area contributed by atoms with Crippen LogP contribution in [0.5, 0.6) is 0 Å². The van der Waals surface area contributed by atoms with Gasteiger partial charge in [0.2, 0.25) is 10.0 Å². The quantitative estimate of drug-likeness (QED) is 0.887. The Kier molecular flexibility index (Phi) is 4.56. The van der Waals surface area contributed by atoms with E-state index in [1.807, 2.05) is 0 Å². The van der Waals surface area contributed by atoms with E-state index in [1.165, 1.54) is 0 Å². The van der Waals surface area contributed by atoms with Crippen molar-refractivity contribution in [3.05, 3.63) is 27.7 Å². The fraction of sp³-hybridized carbons (Fsp3) is 0.500. The van der Waals surface area contributed by atoms with Crippen LogP contribution in [0.1, 0.15) is 32.1 Å². The van der Waals surface area contributed by atoms with Gasteiger partial charge in [-0.2, -0.15) is 0 Å². The van der Waals surface area contributed by atoms with Crippen molar-refractivity contribution in [2.24, 2.45) is 0 Å². The molecule has 0 spiro atoms. The molecule has 0 amide bonds. The third kappa shape index (κ3) is 3.39. The van der Waals surface area contributed by atoms with E-state index in [0.717, 1.165) is 32.1 Å². The molecule has 100 valence electrons. The lowest BCUT2D eigenvalue weighted by molar-refractivity contribution is 0.486. The molecule has 1 aliphatic rings. The minimum absolute atomic E-state index is 0.270. The van der Waals surface area contributed by atoms with E-state index in [1.54, 1.807) is 18.2 Å². The highest BCUT2D eigenvalue weighted by Crippen LogP contribution is 2.30. The summed E-state index contributed by atoms with van der Waals surface area (Å²) in [4.78, 5) is 0. The molecule has 18 heavy (non-hydrogen) atoms. The van der Waals surface area contributed by atoms with Crippen LogP contribution in [0, 0.1) is 0 Å². The Bertz CT molecular complexity index is 527. The Balaban J connectivity index is 2.16. The highest BCUT2D eigenvalue weighted by Gasteiger charge is 2.27. The van der Waals surface area contributed by atoms with Gasteiger partial charge in [0, 0.05) is 9.50 Å². The first-order valence-electron chi connectivity index (χ1n) is 5.96. The van der Waals surface area contributed by atoms with Crippen LogP contribution in [0.2, 0.25) is 5.02 Å². The van der Waals surface area contributed by atoms with E-state index in [-0.39, 0.29) is 5.25 Å². The zero-order valence-electron chi connectivity index (χ0n) is 9.83. The number of halogens is 2. The van der Waals surface area contributed by atoms with Crippen LogP contribution in [-0.2, 0) is 10.0 Å². The zero-order valence-corrected chi connectivity index (χ0v) is 13.0. The molecule has 0 saturated heterocycles. The second kappa shape index (κ2) is 5.80. The molecule has 0 bridgehead atoms. The number of hydrogen-bond donors (Lipinski definition) is 1. The molecule has 0 unspecified atom stereocenters. The lowest BCUT2D eigenvalue weighted by atomic mass is 10.0. The Morgan fingerprint density at radius 3 is 2.50 bits per heavy atom. The van der Waals surface area contributed by atoms with Gasteiger partial charge in [-0.25, -0.2) is 8.42 Å². The molecule has 0 aromatic heterocycles. The molecule has 1 fully saturated rings. The van der Waals surface area contributed by atoms with Gasteiger partial charge in [-0.15, -0.1) is 0 Å². The molecular formula is C12H15BrClNO2S. The zero-order chi connectivity index (χ0) is 13.2. The smallest absolute Gasteiger partial charge is 0.235 e. The molecule has 1 aromatic carbocycles. The van der Waals surface area contributed by atoms with Crippen molar-refractivity contribution in [3.63, 3.8) is 0 Å². The monoisotopic (exact) mass is 351 g/mol. The van der Waals surface area contributed by atoms with Gasteiger partial charge in [0.15, 0.2) is 0 Å². The second-order valence-electron chi connectivity index (χ2n) is 4.53. The van der Waals surface area contributed by atoms with Crippen molar-refractivity contribution < 1.29 is 8.42 Å². The van der Waals surface area contributed by atoms with Gasteiger partial charge in [-0.1, -0.05) is 30.9 Å². The number of anilines is 1. The van der Waals surface area contributed by atoms with Crippen molar-refractivity contribution in [1.29, 1.82) is 0 Å². The summed E-state index contributed by atoms with van der Waals surface area (Å²) < 4.78 is 27.8. The summed E-state index contributed by atoms with van der Waals surface area (Å²) >= 11 is 9.14. The molecule has 2 rings (SSSR count). The third-order valence-electron chi connectivity index (χ3n) is 3.17. The van der Waals surface area contributed by atoms with Crippen molar-refractivity contribution in [3.8, 4) is 0 Å². The molecule has 3 nitrogen and oxygen atoms in total. The normalized spacial score (nSPS) is 17.7. The lowest BCUT2D eigenvalue weighted by Gasteiger charge is -2.22. The summed E-state index contributed by atoms with van der Waals surface area (Å²) in [5, 5.41) is 0.302. The van der Waals surface area contributed by atoms with Crippen molar-refractivity contribution >= 4 is 43.2 Å². The van der Waals surface area contributed by atoms with Crippen LogP contribution < -0.4 is 4.72 Å². The molecule has 6 heteroatoms. The van der Waals surface area contributed by atoms with E-state index >= 15 is 0 Å². The Morgan fingerprint density at radius 2 is 1.89 bits per heavy atom. The Labute approximate surface area is 121 Å². The maximum absolute atomic E-state index is 12.2. The summed E-state index contributed by atoms with van der Waals surface area (Å²) in [6, 6.07) is 5.03. The summed E-state index contributed by atoms with van der Waals surface area (Å²) in [6.45, 7) is 0. The van der Waals surface area contributed by atoms with Gasteiger partial charge in [-0.05, 0) is 47.0 Å². The van der Waals surface area contributed by atoms with E-state index in [2.05, 4.69) is 20.7 Å². The SMILES string of the molecule is O=S(=O)(Nc1ccc(Cl)cc1Br)C1CCCCC1. The average molecular weight is 353 g/mol. The van der Waals surface area contributed by atoms with Crippen molar-refractivity contribution in [2.45, 2.75) is 37.4 Å². The van der Waals surface area contributed by atoms with Gasteiger partial charge in [0.1, 0.15) is 0 Å². The van der Waals surface area contributed by atoms with Gasteiger partial charge in [0.25, 0.3) is 0 Å². The number of benzene rings is 1. The fourth-order valence-corrected chi connectivity index (χ4v) is 4.70. The molecular weight excluding hydrogens is 338 g/mol. The summed E-state index contributed by atoms with van der Waals surface area (Å²) in [7, 11) is -3.29. The maximum Gasteiger partial charge on any atom is 0.235 e. The number of rotatable bonds is 3. The predicted octanol–water partition coefficient (Wildman–Crippen LogP) is 4.18. The molecule has 0 aliphatic heterocycles. The highest BCUT2D eigenvalue weighted by molar-refractivity contribution is 9.10. The summed E-state index contributed by atoms with van der Waals surface area (Å²) in [6.07, 6.45) is 4.62. The molecule has 1 N–H and O–H groups in total. The average Bonchev–Trinajstić information content (AvgIpc) is 2.34. The molecule has 0 atom stereocenters. The standard InChI is InChI=1S/C12H15BrClNO2S/c13-11-8-9(14)6-7-12(11)15-18(16,17)10-4-2-1-3-5-10/h6-8,10,15H,1-5H2. The molecule has 1 aliphatic carbocycles. The van der Waals surface area contributed by atoms with Crippen molar-refractivity contribution in [1.82, 2.24) is 0 Å². The number of sulfonamides is 1. The summed E-state index contributed by atoms with van der Waals surface area (Å²) in [5.41, 5.74) is 0.546. The third-order valence-corrected chi connectivity index (χ3v) is 5.92. The largest absolute Gasteiger partial charge is 0.282 e. The van der Waals surface area contributed by atoms with Crippen LogP contribution in [-0.4, -0.2) is 13.7 Å².